The SMILES string of the molecule is CC(=O)N1CCN(C(=O)C(C)OC(=O)c2ccc(=O)n(CCOc3ccccc3)n2)CC1. The van der Waals surface area contributed by atoms with Crippen molar-refractivity contribution < 1.29 is 23.9 Å². The molecule has 10 nitrogen and oxygen atoms in total. The Morgan fingerprint density at radius 3 is 2.31 bits per heavy atom. The molecule has 0 bridgehead atoms. The lowest BCUT2D eigenvalue weighted by Gasteiger charge is -2.35. The Hall–Kier alpha value is -3.69. The topological polar surface area (TPSA) is 111 Å². The number of carbonyl (C=O) groups excluding carboxylic acids is 3. The highest BCUT2D eigenvalue weighted by atomic mass is 16.5. The molecular weight excluding hydrogens is 416 g/mol. The van der Waals surface area contributed by atoms with Crippen molar-refractivity contribution in [1.82, 2.24) is 19.6 Å². The second-order valence-electron chi connectivity index (χ2n) is 7.32. The quantitative estimate of drug-likeness (QED) is 0.576. The van der Waals surface area contributed by atoms with Gasteiger partial charge in [-0.3, -0.25) is 14.4 Å². The first-order valence-electron chi connectivity index (χ1n) is 10.4. The van der Waals surface area contributed by atoms with Crippen molar-refractivity contribution in [2.45, 2.75) is 26.5 Å². The van der Waals surface area contributed by atoms with Gasteiger partial charge in [-0.15, -0.1) is 0 Å². The normalized spacial score (nSPS) is 14.6. The highest BCUT2D eigenvalue weighted by Gasteiger charge is 2.28. The first kappa shape index (κ1) is 23.0. The summed E-state index contributed by atoms with van der Waals surface area (Å²) in [5.74, 6) is -0.517. The Kier molecular flexibility index (Phi) is 7.58. The zero-order chi connectivity index (χ0) is 23.1. The Bertz CT molecular complexity index is 1010. The zero-order valence-electron chi connectivity index (χ0n) is 18.1. The van der Waals surface area contributed by atoms with E-state index in [0.29, 0.717) is 31.9 Å². The maximum atomic E-state index is 12.6. The summed E-state index contributed by atoms with van der Waals surface area (Å²) in [6.07, 6.45) is -1.02. The van der Waals surface area contributed by atoms with Gasteiger partial charge in [0.15, 0.2) is 11.8 Å². The van der Waals surface area contributed by atoms with Gasteiger partial charge in [0.25, 0.3) is 11.5 Å². The Morgan fingerprint density at radius 1 is 1.00 bits per heavy atom. The second kappa shape index (κ2) is 10.6. The first-order chi connectivity index (χ1) is 15.3. The Morgan fingerprint density at radius 2 is 1.66 bits per heavy atom. The van der Waals surface area contributed by atoms with E-state index in [2.05, 4.69) is 5.10 Å². The molecule has 0 saturated carbocycles. The molecule has 1 aliphatic heterocycles. The molecule has 0 aliphatic carbocycles. The molecule has 170 valence electrons. The molecule has 0 spiro atoms. The van der Waals surface area contributed by atoms with Gasteiger partial charge < -0.3 is 19.3 Å². The summed E-state index contributed by atoms with van der Waals surface area (Å²) in [4.78, 5) is 51.8. The minimum Gasteiger partial charge on any atom is -0.492 e. The molecule has 1 unspecified atom stereocenters. The monoisotopic (exact) mass is 442 g/mol. The summed E-state index contributed by atoms with van der Waals surface area (Å²) in [6.45, 7) is 4.96. The van der Waals surface area contributed by atoms with Gasteiger partial charge in [0.05, 0.1) is 6.54 Å². The van der Waals surface area contributed by atoms with Crippen LogP contribution in [0.3, 0.4) is 0 Å². The van der Waals surface area contributed by atoms with E-state index < -0.39 is 12.1 Å². The molecule has 2 amide bonds. The highest BCUT2D eigenvalue weighted by Crippen LogP contribution is 2.09. The average Bonchev–Trinajstić information content (AvgIpc) is 2.80. The molecule has 1 aromatic carbocycles. The van der Waals surface area contributed by atoms with Crippen molar-refractivity contribution in [3.63, 3.8) is 0 Å². The van der Waals surface area contributed by atoms with Crippen molar-refractivity contribution in [2.75, 3.05) is 32.8 Å². The molecule has 32 heavy (non-hydrogen) atoms. The number of esters is 1. The van der Waals surface area contributed by atoms with Gasteiger partial charge in [-0.25, -0.2) is 9.48 Å². The van der Waals surface area contributed by atoms with Crippen molar-refractivity contribution in [3.05, 3.63) is 58.5 Å². The number of para-hydroxylation sites is 1. The van der Waals surface area contributed by atoms with E-state index in [4.69, 9.17) is 9.47 Å². The van der Waals surface area contributed by atoms with Gasteiger partial charge in [0, 0.05) is 39.2 Å². The van der Waals surface area contributed by atoms with E-state index in [1.165, 1.54) is 26.0 Å². The summed E-state index contributed by atoms with van der Waals surface area (Å²) >= 11 is 0. The fourth-order valence-corrected chi connectivity index (χ4v) is 3.25. The maximum absolute atomic E-state index is 12.6. The molecule has 10 heteroatoms. The molecule has 0 radical (unpaired) electrons. The lowest BCUT2D eigenvalue weighted by Crippen LogP contribution is -2.52. The van der Waals surface area contributed by atoms with Gasteiger partial charge >= 0.3 is 5.97 Å². The zero-order valence-corrected chi connectivity index (χ0v) is 18.1. The Labute approximate surface area is 185 Å². The molecule has 2 aromatic rings. The van der Waals surface area contributed by atoms with Crippen molar-refractivity contribution in [2.24, 2.45) is 0 Å². The van der Waals surface area contributed by atoms with Gasteiger partial charge in [0.2, 0.25) is 5.91 Å². The molecule has 1 aliphatic rings. The van der Waals surface area contributed by atoms with E-state index in [9.17, 15) is 19.2 Å². The van der Waals surface area contributed by atoms with Crippen molar-refractivity contribution in [3.8, 4) is 5.75 Å². The third kappa shape index (κ3) is 5.93. The van der Waals surface area contributed by atoms with Crippen LogP contribution in [0.1, 0.15) is 24.3 Å². The maximum Gasteiger partial charge on any atom is 0.359 e. The van der Waals surface area contributed by atoms with E-state index in [0.717, 1.165) is 4.68 Å². The number of ether oxygens (including phenoxy) is 2. The summed E-state index contributed by atoms with van der Waals surface area (Å²) in [7, 11) is 0. The molecule has 1 saturated heterocycles. The fraction of sp³-hybridized carbons (Fsp3) is 0.409. The largest absolute Gasteiger partial charge is 0.492 e. The first-order valence-corrected chi connectivity index (χ1v) is 10.4. The predicted octanol–water partition coefficient (Wildman–Crippen LogP) is 0.558. The van der Waals surface area contributed by atoms with Crippen molar-refractivity contribution in [1.29, 1.82) is 0 Å². The standard InChI is InChI=1S/C22H26N4O6/c1-16(21(29)25-12-10-24(11-13-25)17(2)27)32-22(30)19-8-9-20(28)26(23-19)14-15-31-18-6-4-3-5-7-18/h3-9,16H,10-15H2,1-2H3. The van der Waals surface area contributed by atoms with Gasteiger partial charge in [-0.2, -0.15) is 5.10 Å². The van der Waals surface area contributed by atoms with Crippen LogP contribution in [0.5, 0.6) is 5.75 Å². The number of benzene rings is 1. The number of carbonyl (C=O) groups is 3. The third-order valence-electron chi connectivity index (χ3n) is 5.06. The highest BCUT2D eigenvalue weighted by molar-refractivity contribution is 5.90. The number of nitrogens with zero attached hydrogens (tertiary/aromatic N) is 4. The van der Waals surface area contributed by atoms with Crippen LogP contribution >= 0.6 is 0 Å². The van der Waals surface area contributed by atoms with Crippen LogP contribution in [0.25, 0.3) is 0 Å². The molecular formula is C22H26N4O6. The predicted molar refractivity (Wildman–Crippen MR) is 114 cm³/mol. The molecule has 2 heterocycles. The van der Waals surface area contributed by atoms with E-state index in [1.54, 1.807) is 21.9 Å². The molecule has 0 N–H and O–H groups in total. The van der Waals surface area contributed by atoms with Crippen LogP contribution in [-0.2, 0) is 20.9 Å². The number of hydrogen-bond acceptors (Lipinski definition) is 7. The number of hydrogen-bond donors (Lipinski definition) is 0. The van der Waals surface area contributed by atoms with Crippen LogP contribution in [0.4, 0.5) is 0 Å². The smallest absolute Gasteiger partial charge is 0.359 e. The fourth-order valence-electron chi connectivity index (χ4n) is 3.25. The summed E-state index contributed by atoms with van der Waals surface area (Å²) in [6, 6.07) is 11.6. The van der Waals surface area contributed by atoms with E-state index >= 15 is 0 Å². The number of rotatable bonds is 7. The second-order valence-corrected chi connectivity index (χ2v) is 7.32. The van der Waals surface area contributed by atoms with Gasteiger partial charge in [-0.1, -0.05) is 18.2 Å². The van der Waals surface area contributed by atoms with Gasteiger partial charge in [0.1, 0.15) is 12.4 Å². The summed E-state index contributed by atoms with van der Waals surface area (Å²) in [5.41, 5.74) is -0.462. The minimum atomic E-state index is -1.02. The molecule has 3 rings (SSSR count). The number of amides is 2. The number of aromatic nitrogens is 2. The molecule has 1 atom stereocenters. The Balaban J connectivity index is 1.55. The lowest BCUT2D eigenvalue weighted by atomic mass is 10.2. The van der Waals surface area contributed by atoms with Crippen LogP contribution < -0.4 is 10.3 Å². The average molecular weight is 442 g/mol. The van der Waals surface area contributed by atoms with Gasteiger partial charge in [-0.05, 0) is 25.1 Å². The van der Waals surface area contributed by atoms with E-state index in [1.807, 2.05) is 18.2 Å². The third-order valence-corrected chi connectivity index (χ3v) is 5.06. The molecule has 1 fully saturated rings. The molecule has 1 aromatic heterocycles. The van der Waals surface area contributed by atoms with Crippen LogP contribution in [0.15, 0.2) is 47.3 Å². The summed E-state index contributed by atoms with van der Waals surface area (Å²) in [5, 5.41) is 4.04. The number of piperazine rings is 1. The van der Waals surface area contributed by atoms with Crippen molar-refractivity contribution >= 4 is 17.8 Å². The van der Waals surface area contributed by atoms with E-state index in [-0.39, 0.29) is 36.2 Å². The summed E-state index contributed by atoms with van der Waals surface area (Å²) < 4.78 is 12.0. The van der Waals surface area contributed by atoms with Crippen LogP contribution in [-0.4, -0.2) is 76.3 Å². The minimum absolute atomic E-state index is 0.0352. The van der Waals surface area contributed by atoms with Crippen LogP contribution in [0, 0.1) is 0 Å². The lowest BCUT2D eigenvalue weighted by molar-refractivity contribution is -0.144. The van der Waals surface area contributed by atoms with Crippen LogP contribution in [0.2, 0.25) is 0 Å².